The molecule has 0 spiro atoms. The van der Waals surface area contributed by atoms with Crippen LogP contribution in [0.25, 0.3) is 0 Å². The lowest BCUT2D eigenvalue weighted by atomic mass is 9.90. The highest BCUT2D eigenvalue weighted by Crippen LogP contribution is 2.35. The summed E-state index contributed by atoms with van der Waals surface area (Å²) in [5.41, 5.74) is 2.20. The number of carboxylic acid groups (broad SMARTS) is 1. The highest BCUT2D eigenvalue weighted by Gasteiger charge is 2.37. The Morgan fingerprint density at radius 2 is 2.00 bits per heavy atom. The number of fused-ring (bicyclic) bond motifs is 1. The van der Waals surface area contributed by atoms with E-state index in [0.717, 1.165) is 42.9 Å². The summed E-state index contributed by atoms with van der Waals surface area (Å²) in [5.74, 6) is 1.62. The Kier molecular flexibility index (Phi) is 3.80. The lowest BCUT2D eigenvalue weighted by Crippen LogP contribution is -2.47. The zero-order valence-electron chi connectivity index (χ0n) is 10.9. The SMILES string of the molecule is O=C(O)C1c2ccccc2CCN1C1CCSCC1. The van der Waals surface area contributed by atoms with Gasteiger partial charge in [0, 0.05) is 12.6 Å². The topological polar surface area (TPSA) is 40.5 Å². The van der Waals surface area contributed by atoms with E-state index < -0.39 is 12.0 Å². The summed E-state index contributed by atoms with van der Waals surface area (Å²) in [6.45, 7) is 0.878. The van der Waals surface area contributed by atoms with Gasteiger partial charge in [-0.3, -0.25) is 9.69 Å². The van der Waals surface area contributed by atoms with Crippen LogP contribution in [0.3, 0.4) is 0 Å². The smallest absolute Gasteiger partial charge is 0.325 e. The molecule has 1 aromatic carbocycles. The maximum Gasteiger partial charge on any atom is 0.325 e. The lowest BCUT2D eigenvalue weighted by Gasteiger charge is -2.41. The van der Waals surface area contributed by atoms with Crippen LogP contribution >= 0.6 is 11.8 Å². The molecule has 2 aliphatic heterocycles. The van der Waals surface area contributed by atoms with Crippen molar-refractivity contribution >= 4 is 17.7 Å². The van der Waals surface area contributed by atoms with Crippen LogP contribution in [0, 0.1) is 0 Å². The molecule has 0 aliphatic carbocycles. The third-order valence-electron chi connectivity index (χ3n) is 4.21. The van der Waals surface area contributed by atoms with Gasteiger partial charge in [0.15, 0.2) is 0 Å². The highest BCUT2D eigenvalue weighted by atomic mass is 32.2. The molecule has 0 radical (unpaired) electrons. The monoisotopic (exact) mass is 277 g/mol. The summed E-state index contributed by atoms with van der Waals surface area (Å²) < 4.78 is 0. The quantitative estimate of drug-likeness (QED) is 0.902. The normalized spacial score (nSPS) is 24.9. The molecular formula is C15H19NO2S. The van der Waals surface area contributed by atoms with Gasteiger partial charge >= 0.3 is 5.97 Å². The first-order valence-corrected chi connectivity index (χ1v) is 8.07. The van der Waals surface area contributed by atoms with Crippen LogP contribution in [0.5, 0.6) is 0 Å². The first kappa shape index (κ1) is 13.0. The van der Waals surface area contributed by atoms with Crippen molar-refractivity contribution in [2.45, 2.75) is 31.3 Å². The molecule has 0 amide bonds. The molecule has 2 aliphatic rings. The molecule has 0 bridgehead atoms. The minimum atomic E-state index is -0.703. The zero-order valence-corrected chi connectivity index (χ0v) is 11.7. The summed E-state index contributed by atoms with van der Waals surface area (Å²) >= 11 is 1.98. The molecule has 1 N–H and O–H groups in total. The first-order chi connectivity index (χ1) is 9.27. The molecule has 102 valence electrons. The van der Waals surface area contributed by atoms with Crippen molar-refractivity contribution in [3.05, 3.63) is 35.4 Å². The van der Waals surface area contributed by atoms with E-state index in [1.165, 1.54) is 5.56 Å². The second-order valence-corrected chi connectivity index (χ2v) is 6.50. The van der Waals surface area contributed by atoms with Crippen LogP contribution in [0.2, 0.25) is 0 Å². The number of benzene rings is 1. The van der Waals surface area contributed by atoms with Crippen LogP contribution in [0.4, 0.5) is 0 Å². The minimum absolute atomic E-state index is 0.440. The minimum Gasteiger partial charge on any atom is -0.480 e. The molecule has 4 heteroatoms. The Balaban J connectivity index is 1.91. The lowest BCUT2D eigenvalue weighted by molar-refractivity contribution is -0.145. The molecular weight excluding hydrogens is 258 g/mol. The summed E-state index contributed by atoms with van der Waals surface area (Å²) in [7, 11) is 0. The molecule has 1 atom stereocenters. The Hall–Kier alpha value is -1.00. The van der Waals surface area contributed by atoms with Gasteiger partial charge in [-0.1, -0.05) is 24.3 Å². The van der Waals surface area contributed by atoms with E-state index >= 15 is 0 Å². The predicted octanol–water partition coefficient (Wildman–Crippen LogP) is 2.57. The average molecular weight is 277 g/mol. The average Bonchev–Trinajstić information content (AvgIpc) is 2.46. The second kappa shape index (κ2) is 5.55. The van der Waals surface area contributed by atoms with E-state index in [4.69, 9.17) is 0 Å². The van der Waals surface area contributed by atoms with Gasteiger partial charge in [-0.2, -0.15) is 11.8 Å². The third-order valence-corrected chi connectivity index (χ3v) is 5.26. The van der Waals surface area contributed by atoms with Crippen molar-refractivity contribution in [3.63, 3.8) is 0 Å². The number of aliphatic carboxylic acids is 1. The van der Waals surface area contributed by atoms with Gasteiger partial charge in [0.1, 0.15) is 6.04 Å². The number of rotatable bonds is 2. The van der Waals surface area contributed by atoms with Gasteiger partial charge in [0.25, 0.3) is 0 Å². The molecule has 0 aromatic heterocycles. The number of carbonyl (C=O) groups is 1. The molecule has 0 saturated carbocycles. The standard InChI is InChI=1S/C15H19NO2S/c17-15(18)14-13-4-2-1-3-11(13)5-8-16(14)12-6-9-19-10-7-12/h1-4,12,14H,5-10H2,(H,17,18). The number of nitrogens with zero attached hydrogens (tertiary/aromatic N) is 1. The van der Waals surface area contributed by atoms with Gasteiger partial charge in [0.2, 0.25) is 0 Å². The van der Waals surface area contributed by atoms with Crippen molar-refractivity contribution in [1.29, 1.82) is 0 Å². The summed E-state index contributed by atoms with van der Waals surface area (Å²) in [6, 6.07) is 8.00. The fourth-order valence-electron chi connectivity index (χ4n) is 3.27. The maximum atomic E-state index is 11.7. The summed E-state index contributed by atoms with van der Waals surface area (Å²) in [4.78, 5) is 13.9. The van der Waals surface area contributed by atoms with E-state index in [-0.39, 0.29) is 0 Å². The van der Waals surface area contributed by atoms with Crippen LogP contribution in [-0.2, 0) is 11.2 Å². The Bertz CT molecular complexity index is 471. The van der Waals surface area contributed by atoms with Gasteiger partial charge in [-0.05, 0) is 41.9 Å². The van der Waals surface area contributed by atoms with E-state index in [0.29, 0.717) is 6.04 Å². The molecule has 1 unspecified atom stereocenters. The number of hydrogen-bond acceptors (Lipinski definition) is 3. The van der Waals surface area contributed by atoms with Crippen LogP contribution in [0.15, 0.2) is 24.3 Å². The second-order valence-electron chi connectivity index (χ2n) is 5.27. The molecule has 3 nitrogen and oxygen atoms in total. The highest BCUT2D eigenvalue weighted by molar-refractivity contribution is 7.99. The number of hydrogen-bond donors (Lipinski definition) is 1. The Morgan fingerprint density at radius 3 is 2.74 bits per heavy atom. The van der Waals surface area contributed by atoms with Gasteiger partial charge in [0.05, 0.1) is 0 Å². The fourth-order valence-corrected chi connectivity index (χ4v) is 4.35. The van der Waals surface area contributed by atoms with Gasteiger partial charge < -0.3 is 5.11 Å². The van der Waals surface area contributed by atoms with Gasteiger partial charge in [-0.25, -0.2) is 0 Å². The molecule has 1 saturated heterocycles. The maximum absolute atomic E-state index is 11.7. The third kappa shape index (κ3) is 2.51. The molecule has 1 aromatic rings. The molecule has 19 heavy (non-hydrogen) atoms. The molecule has 3 rings (SSSR count). The summed E-state index contributed by atoms with van der Waals surface area (Å²) in [6.07, 6.45) is 3.22. The van der Waals surface area contributed by atoms with E-state index in [1.807, 2.05) is 30.0 Å². The molecule has 1 fully saturated rings. The van der Waals surface area contributed by atoms with Crippen molar-refractivity contribution in [2.24, 2.45) is 0 Å². The number of thioether (sulfide) groups is 1. The van der Waals surface area contributed by atoms with Crippen LogP contribution < -0.4 is 0 Å². The van der Waals surface area contributed by atoms with Crippen LogP contribution in [-0.4, -0.2) is 40.1 Å². The van der Waals surface area contributed by atoms with E-state index in [1.54, 1.807) is 0 Å². The van der Waals surface area contributed by atoms with Gasteiger partial charge in [-0.15, -0.1) is 0 Å². The van der Waals surface area contributed by atoms with E-state index in [9.17, 15) is 9.90 Å². The predicted molar refractivity (Wildman–Crippen MR) is 77.6 cm³/mol. The Morgan fingerprint density at radius 1 is 1.26 bits per heavy atom. The zero-order chi connectivity index (χ0) is 13.2. The van der Waals surface area contributed by atoms with Crippen molar-refractivity contribution in [3.8, 4) is 0 Å². The number of carboxylic acids is 1. The molecule has 2 heterocycles. The first-order valence-electron chi connectivity index (χ1n) is 6.91. The van der Waals surface area contributed by atoms with Crippen molar-refractivity contribution in [2.75, 3.05) is 18.1 Å². The van der Waals surface area contributed by atoms with Crippen LogP contribution in [0.1, 0.15) is 30.0 Å². The van der Waals surface area contributed by atoms with E-state index in [2.05, 4.69) is 11.0 Å². The summed E-state index contributed by atoms with van der Waals surface area (Å²) in [5, 5.41) is 9.64. The largest absolute Gasteiger partial charge is 0.480 e. The van der Waals surface area contributed by atoms with Crippen molar-refractivity contribution < 1.29 is 9.90 Å². The Labute approximate surface area is 118 Å². The fraction of sp³-hybridized carbons (Fsp3) is 0.533. The van der Waals surface area contributed by atoms with Crippen molar-refractivity contribution in [1.82, 2.24) is 4.90 Å².